The second kappa shape index (κ2) is 4.62. The predicted octanol–water partition coefficient (Wildman–Crippen LogP) is 1.50. The van der Waals surface area contributed by atoms with Gasteiger partial charge >= 0.3 is 0 Å². The van der Waals surface area contributed by atoms with Gasteiger partial charge < -0.3 is 10.6 Å². The molecule has 4 nitrogen and oxygen atoms in total. The van der Waals surface area contributed by atoms with Crippen molar-refractivity contribution in [3.63, 3.8) is 0 Å². The molecule has 14 heavy (non-hydrogen) atoms. The third kappa shape index (κ3) is 3.06. The van der Waals surface area contributed by atoms with E-state index in [2.05, 4.69) is 5.16 Å². The molecule has 0 radical (unpaired) electrons. The molecule has 1 aromatic rings. The predicted molar refractivity (Wildman–Crippen MR) is 54.5 cm³/mol. The van der Waals surface area contributed by atoms with Crippen molar-refractivity contribution in [2.24, 2.45) is 10.9 Å². The summed E-state index contributed by atoms with van der Waals surface area (Å²) < 4.78 is 0. The van der Waals surface area contributed by atoms with Crippen LogP contribution >= 0.6 is 11.6 Å². The van der Waals surface area contributed by atoms with Gasteiger partial charge in [-0.05, 0) is 18.6 Å². The van der Waals surface area contributed by atoms with Crippen molar-refractivity contribution in [1.82, 2.24) is 0 Å². The molecule has 74 valence electrons. The van der Waals surface area contributed by atoms with Crippen molar-refractivity contribution in [1.29, 1.82) is 0 Å². The van der Waals surface area contributed by atoms with Crippen molar-refractivity contribution in [2.45, 2.75) is 6.92 Å². The highest BCUT2D eigenvalue weighted by Crippen LogP contribution is 2.22. The SMILES string of the molecule is Cc1ccc(Cl)cc1O/N=C/C(N)=O. The minimum absolute atomic E-state index is 0.495. The summed E-state index contributed by atoms with van der Waals surface area (Å²) in [5.41, 5.74) is 5.70. The lowest BCUT2D eigenvalue weighted by molar-refractivity contribution is -0.111. The Morgan fingerprint density at radius 2 is 2.36 bits per heavy atom. The van der Waals surface area contributed by atoms with E-state index in [-0.39, 0.29) is 0 Å². The first-order valence-corrected chi connectivity index (χ1v) is 4.23. The third-order valence-electron chi connectivity index (χ3n) is 1.48. The summed E-state index contributed by atoms with van der Waals surface area (Å²) >= 11 is 5.73. The van der Waals surface area contributed by atoms with E-state index in [0.29, 0.717) is 10.8 Å². The Balaban J connectivity index is 2.76. The Labute approximate surface area is 86.3 Å². The van der Waals surface area contributed by atoms with Crippen LogP contribution in [0.1, 0.15) is 5.56 Å². The molecular weight excluding hydrogens is 204 g/mol. The molecule has 1 amide bonds. The van der Waals surface area contributed by atoms with E-state index in [0.717, 1.165) is 11.8 Å². The first-order valence-electron chi connectivity index (χ1n) is 3.85. The van der Waals surface area contributed by atoms with E-state index in [1.54, 1.807) is 18.2 Å². The van der Waals surface area contributed by atoms with Crippen LogP contribution in [-0.4, -0.2) is 12.1 Å². The molecule has 5 heteroatoms. The lowest BCUT2D eigenvalue weighted by Gasteiger charge is -2.02. The number of amides is 1. The lowest BCUT2D eigenvalue weighted by atomic mass is 10.2. The van der Waals surface area contributed by atoms with Crippen LogP contribution in [0.3, 0.4) is 0 Å². The standard InChI is InChI=1S/C9H9ClN2O2/c1-6-2-3-7(10)4-8(6)14-12-5-9(11)13/h2-5H,1H3,(H2,11,13)/b12-5+. The molecule has 0 heterocycles. The van der Waals surface area contributed by atoms with Gasteiger partial charge in [0, 0.05) is 11.1 Å². The van der Waals surface area contributed by atoms with E-state index >= 15 is 0 Å². The minimum Gasteiger partial charge on any atom is -0.365 e. The van der Waals surface area contributed by atoms with Gasteiger partial charge in [0.2, 0.25) is 0 Å². The van der Waals surface area contributed by atoms with Gasteiger partial charge in [0.1, 0.15) is 6.21 Å². The van der Waals surface area contributed by atoms with Gasteiger partial charge in [-0.25, -0.2) is 0 Å². The molecule has 0 aliphatic rings. The fourth-order valence-corrected chi connectivity index (χ4v) is 0.969. The number of primary amides is 1. The number of rotatable bonds is 3. The highest BCUT2D eigenvalue weighted by Gasteiger charge is 1.99. The number of halogens is 1. The molecule has 1 rings (SSSR count). The van der Waals surface area contributed by atoms with E-state index in [4.69, 9.17) is 22.2 Å². The Morgan fingerprint density at radius 3 is 3.00 bits per heavy atom. The molecule has 0 aliphatic heterocycles. The smallest absolute Gasteiger partial charge is 0.263 e. The molecular formula is C9H9ClN2O2. The average Bonchev–Trinajstić information content (AvgIpc) is 2.10. The van der Waals surface area contributed by atoms with E-state index in [1.807, 2.05) is 6.92 Å². The van der Waals surface area contributed by atoms with Gasteiger partial charge in [-0.1, -0.05) is 22.8 Å². The summed E-state index contributed by atoms with van der Waals surface area (Å²) in [6.45, 7) is 1.84. The zero-order valence-corrected chi connectivity index (χ0v) is 8.28. The first-order chi connectivity index (χ1) is 6.59. The number of nitrogens with two attached hydrogens (primary N) is 1. The summed E-state index contributed by atoms with van der Waals surface area (Å²) in [4.78, 5) is 15.2. The van der Waals surface area contributed by atoms with Gasteiger partial charge in [-0.15, -0.1) is 0 Å². The van der Waals surface area contributed by atoms with Crippen molar-refractivity contribution >= 4 is 23.7 Å². The lowest BCUT2D eigenvalue weighted by Crippen LogP contribution is -2.12. The topological polar surface area (TPSA) is 64.7 Å². The highest BCUT2D eigenvalue weighted by atomic mass is 35.5. The fraction of sp³-hybridized carbons (Fsp3) is 0.111. The Bertz CT molecular complexity index is 377. The maximum absolute atomic E-state index is 10.3. The average molecular weight is 213 g/mol. The monoisotopic (exact) mass is 212 g/mol. The largest absolute Gasteiger partial charge is 0.365 e. The normalized spacial score (nSPS) is 10.4. The van der Waals surface area contributed by atoms with Crippen LogP contribution in [0.2, 0.25) is 5.02 Å². The third-order valence-corrected chi connectivity index (χ3v) is 1.72. The number of carbonyl (C=O) groups is 1. The van der Waals surface area contributed by atoms with E-state index < -0.39 is 5.91 Å². The van der Waals surface area contributed by atoms with Gasteiger partial charge in [0.05, 0.1) is 0 Å². The van der Waals surface area contributed by atoms with Crippen molar-refractivity contribution in [3.8, 4) is 5.75 Å². The minimum atomic E-state index is -0.662. The molecule has 0 saturated carbocycles. The van der Waals surface area contributed by atoms with Crippen molar-refractivity contribution in [3.05, 3.63) is 28.8 Å². The molecule has 0 atom stereocenters. The molecule has 0 bridgehead atoms. The number of oxime groups is 1. The van der Waals surface area contributed by atoms with Gasteiger partial charge in [-0.2, -0.15) is 0 Å². The second-order valence-corrected chi connectivity index (χ2v) is 3.07. The number of aryl methyl sites for hydroxylation is 1. The van der Waals surface area contributed by atoms with Crippen LogP contribution in [0, 0.1) is 6.92 Å². The van der Waals surface area contributed by atoms with Gasteiger partial charge in [0.15, 0.2) is 5.75 Å². The zero-order valence-electron chi connectivity index (χ0n) is 7.53. The number of carbonyl (C=O) groups excluding carboxylic acids is 1. The van der Waals surface area contributed by atoms with Crippen molar-refractivity contribution in [2.75, 3.05) is 0 Å². The molecule has 2 N–H and O–H groups in total. The quantitative estimate of drug-likeness (QED) is 0.610. The van der Waals surface area contributed by atoms with Crippen LogP contribution in [-0.2, 0) is 4.79 Å². The first kappa shape index (κ1) is 10.5. The van der Waals surface area contributed by atoms with Crippen LogP contribution in [0.25, 0.3) is 0 Å². The van der Waals surface area contributed by atoms with E-state index in [9.17, 15) is 4.79 Å². The molecule has 0 aromatic heterocycles. The summed E-state index contributed by atoms with van der Waals surface area (Å²) in [6, 6.07) is 5.13. The molecule has 0 spiro atoms. The number of hydrogen-bond acceptors (Lipinski definition) is 3. The molecule has 0 fully saturated rings. The van der Waals surface area contributed by atoms with Crippen LogP contribution in [0.5, 0.6) is 5.75 Å². The highest BCUT2D eigenvalue weighted by molar-refractivity contribution is 6.30. The Kier molecular flexibility index (Phi) is 3.48. The van der Waals surface area contributed by atoms with Gasteiger partial charge in [0.25, 0.3) is 5.91 Å². The number of benzene rings is 1. The second-order valence-electron chi connectivity index (χ2n) is 2.64. The molecule has 0 aliphatic carbocycles. The number of hydrogen-bond donors (Lipinski definition) is 1. The van der Waals surface area contributed by atoms with Crippen LogP contribution in [0.4, 0.5) is 0 Å². The Morgan fingerprint density at radius 1 is 1.64 bits per heavy atom. The summed E-state index contributed by atoms with van der Waals surface area (Å²) in [5.74, 6) is -0.167. The molecule has 1 aromatic carbocycles. The maximum Gasteiger partial charge on any atom is 0.263 e. The van der Waals surface area contributed by atoms with Crippen LogP contribution in [0.15, 0.2) is 23.4 Å². The van der Waals surface area contributed by atoms with Crippen LogP contribution < -0.4 is 10.6 Å². The number of nitrogens with zero attached hydrogens (tertiary/aromatic N) is 1. The van der Waals surface area contributed by atoms with E-state index in [1.165, 1.54) is 0 Å². The Hall–Kier alpha value is -1.55. The summed E-state index contributed by atoms with van der Waals surface area (Å²) in [7, 11) is 0. The zero-order chi connectivity index (χ0) is 10.6. The van der Waals surface area contributed by atoms with Gasteiger partial charge in [-0.3, -0.25) is 4.79 Å². The maximum atomic E-state index is 10.3. The fourth-order valence-electron chi connectivity index (χ4n) is 0.807. The molecule has 0 unspecified atom stereocenters. The van der Waals surface area contributed by atoms with Crippen molar-refractivity contribution < 1.29 is 9.63 Å². The molecule has 0 saturated heterocycles. The summed E-state index contributed by atoms with van der Waals surface area (Å²) in [6.07, 6.45) is 0.889. The summed E-state index contributed by atoms with van der Waals surface area (Å²) in [5, 5.41) is 3.93.